The second-order valence-electron chi connectivity index (χ2n) is 9.77. The summed E-state index contributed by atoms with van der Waals surface area (Å²) in [6, 6.07) is 13.8. The van der Waals surface area contributed by atoms with E-state index in [4.69, 9.17) is 0 Å². The minimum atomic E-state index is -0.892. The number of benzene rings is 2. The highest BCUT2D eigenvalue weighted by atomic mass is 16.4. The Balaban J connectivity index is 1.54. The van der Waals surface area contributed by atoms with Crippen LogP contribution in [0.25, 0.3) is 0 Å². The van der Waals surface area contributed by atoms with Gasteiger partial charge in [-0.25, -0.2) is 4.79 Å². The number of aromatic carboxylic acids is 1. The number of anilines is 2. The Labute approximate surface area is 184 Å². The molecule has 164 valence electrons. The predicted molar refractivity (Wildman–Crippen MR) is 124 cm³/mol. The summed E-state index contributed by atoms with van der Waals surface area (Å²) in [7, 11) is 2.07. The van der Waals surface area contributed by atoms with Gasteiger partial charge in [-0.2, -0.15) is 0 Å². The van der Waals surface area contributed by atoms with Gasteiger partial charge in [0.2, 0.25) is 5.91 Å². The topological polar surface area (TPSA) is 69.6 Å². The summed E-state index contributed by atoms with van der Waals surface area (Å²) in [4.78, 5) is 26.2. The van der Waals surface area contributed by atoms with Crippen molar-refractivity contribution in [3.05, 3.63) is 59.2 Å². The van der Waals surface area contributed by atoms with Crippen molar-refractivity contribution in [1.82, 2.24) is 0 Å². The first-order chi connectivity index (χ1) is 14.8. The SMILES string of the molecule is CN1c2ccc(C(=O)O)cc2CC(C)(C)C1c1ccc(NC(=O)C2CCCCC2)cc1. The first kappa shape index (κ1) is 21.4. The van der Waals surface area contributed by atoms with Crippen LogP contribution in [-0.4, -0.2) is 24.0 Å². The van der Waals surface area contributed by atoms with Crippen LogP contribution in [0.15, 0.2) is 42.5 Å². The lowest BCUT2D eigenvalue weighted by Crippen LogP contribution is -2.41. The van der Waals surface area contributed by atoms with Gasteiger partial charge in [-0.05, 0) is 66.1 Å². The highest BCUT2D eigenvalue weighted by Gasteiger charge is 2.39. The van der Waals surface area contributed by atoms with E-state index >= 15 is 0 Å². The Morgan fingerprint density at radius 3 is 2.35 bits per heavy atom. The zero-order chi connectivity index (χ0) is 22.2. The molecule has 0 spiro atoms. The first-order valence-corrected chi connectivity index (χ1v) is 11.3. The molecular formula is C26H32N2O3. The number of carbonyl (C=O) groups excluding carboxylic acids is 1. The Kier molecular flexibility index (Phi) is 5.78. The minimum Gasteiger partial charge on any atom is -0.478 e. The third kappa shape index (κ3) is 4.32. The molecule has 1 saturated carbocycles. The summed E-state index contributed by atoms with van der Waals surface area (Å²) < 4.78 is 0. The van der Waals surface area contributed by atoms with Crippen LogP contribution in [0, 0.1) is 11.3 Å². The number of hydrogen-bond acceptors (Lipinski definition) is 3. The molecule has 0 aromatic heterocycles. The number of rotatable bonds is 4. The molecule has 0 radical (unpaired) electrons. The fraction of sp³-hybridized carbons (Fsp3) is 0.462. The molecule has 0 saturated heterocycles. The van der Waals surface area contributed by atoms with E-state index in [0.717, 1.165) is 49.0 Å². The molecule has 1 unspecified atom stereocenters. The van der Waals surface area contributed by atoms with E-state index in [-0.39, 0.29) is 23.3 Å². The van der Waals surface area contributed by atoms with Crippen LogP contribution < -0.4 is 10.2 Å². The number of hydrogen-bond donors (Lipinski definition) is 2. The molecule has 4 rings (SSSR count). The lowest BCUT2D eigenvalue weighted by atomic mass is 9.71. The van der Waals surface area contributed by atoms with E-state index in [1.807, 2.05) is 18.2 Å². The van der Waals surface area contributed by atoms with Crippen molar-refractivity contribution in [2.75, 3.05) is 17.3 Å². The highest BCUT2D eigenvalue weighted by Crippen LogP contribution is 2.48. The molecule has 1 heterocycles. The predicted octanol–water partition coefficient (Wildman–Crippen LogP) is 5.66. The van der Waals surface area contributed by atoms with Crippen LogP contribution >= 0.6 is 0 Å². The summed E-state index contributed by atoms with van der Waals surface area (Å²) in [5.41, 5.74) is 4.44. The van der Waals surface area contributed by atoms with Gasteiger partial charge in [-0.15, -0.1) is 0 Å². The van der Waals surface area contributed by atoms with Gasteiger partial charge < -0.3 is 15.3 Å². The molecule has 5 nitrogen and oxygen atoms in total. The van der Waals surface area contributed by atoms with Gasteiger partial charge in [-0.1, -0.05) is 45.2 Å². The molecule has 5 heteroatoms. The van der Waals surface area contributed by atoms with Gasteiger partial charge >= 0.3 is 5.97 Å². The quantitative estimate of drug-likeness (QED) is 0.669. The third-order valence-corrected chi connectivity index (χ3v) is 6.95. The molecule has 2 N–H and O–H groups in total. The van der Waals surface area contributed by atoms with Gasteiger partial charge in [0.1, 0.15) is 0 Å². The number of carbonyl (C=O) groups is 2. The average Bonchev–Trinajstić information content (AvgIpc) is 2.74. The van der Waals surface area contributed by atoms with Crippen LogP contribution in [0.5, 0.6) is 0 Å². The van der Waals surface area contributed by atoms with Crippen LogP contribution in [-0.2, 0) is 11.2 Å². The van der Waals surface area contributed by atoms with E-state index in [1.165, 1.54) is 12.0 Å². The van der Waals surface area contributed by atoms with Crippen molar-refractivity contribution in [1.29, 1.82) is 0 Å². The monoisotopic (exact) mass is 420 g/mol. The van der Waals surface area contributed by atoms with Gasteiger partial charge in [0.15, 0.2) is 0 Å². The van der Waals surface area contributed by atoms with Crippen LogP contribution in [0.4, 0.5) is 11.4 Å². The first-order valence-electron chi connectivity index (χ1n) is 11.3. The normalized spacial score (nSPS) is 20.7. The van der Waals surface area contributed by atoms with Crippen molar-refractivity contribution in [3.63, 3.8) is 0 Å². The summed E-state index contributed by atoms with van der Waals surface area (Å²) in [5, 5.41) is 12.4. The van der Waals surface area contributed by atoms with E-state index in [0.29, 0.717) is 5.56 Å². The third-order valence-electron chi connectivity index (χ3n) is 6.95. The molecule has 31 heavy (non-hydrogen) atoms. The maximum absolute atomic E-state index is 12.6. The minimum absolute atomic E-state index is 0.0776. The van der Waals surface area contributed by atoms with Crippen molar-refractivity contribution >= 4 is 23.3 Å². The van der Waals surface area contributed by atoms with Gasteiger partial charge in [-0.3, -0.25) is 4.79 Å². The van der Waals surface area contributed by atoms with Crippen molar-refractivity contribution in [2.45, 2.75) is 58.4 Å². The largest absolute Gasteiger partial charge is 0.478 e. The van der Waals surface area contributed by atoms with Gasteiger partial charge in [0.05, 0.1) is 11.6 Å². The lowest BCUT2D eigenvalue weighted by molar-refractivity contribution is -0.120. The number of fused-ring (bicyclic) bond motifs is 1. The van der Waals surface area contributed by atoms with Crippen molar-refractivity contribution < 1.29 is 14.7 Å². The molecular weight excluding hydrogens is 388 g/mol. The van der Waals surface area contributed by atoms with Crippen molar-refractivity contribution in [3.8, 4) is 0 Å². The van der Waals surface area contributed by atoms with Gasteiger partial charge in [0, 0.05) is 24.3 Å². The molecule has 0 bridgehead atoms. The Morgan fingerprint density at radius 2 is 1.71 bits per heavy atom. The highest BCUT2D eigenvalue weighted by molar-refractivity contribution is 5.92. The number of nitrogens with one attached hydrogen (secondary N) is 1. The Hall–Kier alpha value is -2.82. The second-order valence-corrected chi connectivity index (χ2v) is 9.77. The molecule has 1 amide bonds. The standard InChI is InChI=1S/C26H32N2O3/c1-26(2)16-20-15-19(25(30)31)11-14-22(20)28(3)23(26)17-9-12-21(13-10-17)27-24(29)18-7-5-4-6-8-18/h9-15,18,23H,4-8,16H2,1-3H3,(H,27,29)(H,30,31). The Bertz CT molecular complexity index is 975. The summed E-state index contributed by atoms with van der Waals surface area (Å²) in [5.74, 6) is -0.606. The summed E-state index contributed by atoms with van der Waals surface area (Å²) >= 11 is 0. The smallest absolute Gasteiger partial charge is 0.335 e. The molecule has 2 aliphatic rings. The summed E-state index contributed by atoms with van der Waals surface area (Å²) in [6.45, 7) is 4.45. The maximum Gasteiger partial charge on any atom is 0.335 e. The van der Waals surface area contributed by atoms with Crippen LogP contribution in [0.2, 0.25) is 0 Å². The van der Waals surface area contributed by atoms with E-state index in [1.54, 1.807) is 12.1 Å². The molecule has 1 aliphatic carbocycles. The zero-order valence-electron chi connectivity index (χ0n) is 18.6. The fourth-order valence-electron chi connectivity index (χ4n) is 5.49. The van der Waals surface area contributed by atoms with E-state index < -0.39 is 5.97 Å². The molecule has 2 aromatic carbocycles. The number of carboxylic acids is 1. The van der Waals surface area contributed by atoms with Crippen LogP contribution in [0.1, 0.15) is 73.5 Å². The van der Waals surface area contributed by atoms with E-state index in [9.17, 15) is 14.7 Å². The zero-order valence-corrected chi connectivity index (χ0v) is 18.6. The van der Waals surface area contributed by atoms with Gasteiger partial charge in [0.25, 0.3) is 0 Å². The number of carboxylic acid groups (broad SMARTS) is 1. The second kappa shape index (κ2) is 8.37. The molecule has 2 aromatic rings. The molecule has 1 aliphatic heterocycles. The average molecular weight is 421 g/mol. The Morgan fingerprint density at radius 1 is 1.03 bits per heavy atom. The fourth-order valence-corrected chi connectivity index (χ4v) is 5.49. The molecule has 1 atom stereocenters. The summed E-state index contributed by atoms with van der Waals surface area (Å²) in [6.07, 6.45) is 6.33. The lowest BCUT2D eigenvalue weighted by Gasteiger charge is -2.47. The van der Waals surface area contributed by atoms with E-state index in [2.05, 4.69) is 43.2 Å². The van der Waals surface area contributed by atoms with Crippen LogP contribution in [0.3, 0.4) is 0 Å². The maximum atomic E-state index is 12.6. The number of nitrogens with zero attached hydrogens (tertiary/aromatic N) is 1. The number of amides is 1. The molecule has 1 fully saturated rings. The van der Waals surface area contributed by atoms with Crippen molar-refractivity contribution in [2.24, 2.45) is 11.3 Å².